The van der Waals surface area contributed by atoms with E-state index in [-0.39, 0.29) is 12.1 Å². The zero-order valence-electron chi connectivity index (χ0n) is 14.5. The lowest BCUT2D eigenvalue weighted by molar-refractivity contribution is -0.0284. The molecule has 23 heavy (non-hydrogen) atoms. The van der Waals surface area contributed by atoms with E-state index in [4.69, 9.17) is 9.15 Å². The molecule has 3 rings (SSSR count). The molecule has 3 heterocycles. The summed E-state index contributed by atoms with van der Waals surface area (Å²) in [4.78, 5) is 0. The summed E-state index contributed by atoms with van der Waals surface area (Å²) in [7, 11) is 1.95. The summed E-state index contributed by atoms with van der Waals surface area (Å²) in [6.07, 6.45) is 6.44. The van der Waals surface area contributed by atoms with Crippen LogP contribution in [0.3, 0.4) is 0 Å². The molecule has 0 bridgehead atoms. The van der Waals surface area contributed by atoms with E-state index in [1.54, 1.807) is 0 Å². The number of aryl methyl sites for hydroxylation is 3. The lowest BCUT2D eigenvalue weighted by Crippen LogP contribution is -2.33. The first kappa shape index (κ1) is 16.3. The molecule has 5 nitrogen and oxygen atoms in total. The molecule has 1 N–H and O–H groups in total. The molecule has 0 radical (unpaired) electrons. The summed E-state index contributed by atoms with van der Waals surface area (Å²) in [5.41, 5.74) is 2.43. The fraction of sp³-hybridized carbons (Fsp3) is 0.611. The van der Waals surface area contributed by atoms with Gasteiger partial charge < -0.3 is 14.5 Å². The van der Waals surface area contributed by atoms with Gasteiger partial charge in [0.1, 0.15) is 11.5 Å². The van der Waals surface area contributed by atoms with Crippen LogP contribution in [-0.4, -0.2) is 22.9 Å². The van der Waals surface area contributed by atoms with Gasteiger partial charge in [0, 0.05) is 49.5 Å². The van der Waals surface area contributed by atoms with Crippen LogP contribution in [0.15, 0.2) is 22.9 Å². The Morgan fingerprint density at radius 2 is 2.26 bits per heavy atom. The zero-order valence-corrected chi connectivity index (χ0v) is 14.5. The SMILES string of the molecule is Cc1cc(C(C)NC[C@@H]2CCCO[C@H]2c2cnn(C)c2)c(C)o1. The Morgan fingerprint density at radius 1 is 1.43 bits per heavy atom. The molecule has 0 aromatic carbocycles. The molecule has 1 saturated heterocycles. The second kappa shape index (κ2) is 6.89. The molecule has 5 heteroatoms. The number of aromatic nitrogens is 2. The average molecular weight is 317 g/mol. The lowest BCUT2D eigenvalue weighted by atomic mass is 9.90. The smallest absolute Gasteiger partial charge is 0.105 e. The largest absolute Gasteiger partial charge is 0.466 e. The fourth-order valence-electron chi connectivity index (χ4n) is 3.53. The van der Waals surface area contributed by atoms with Gasteiger partial charge in [-0.25, -0.2) is 0 Å². The van der Waals surface area contributed by atoms with E-state index in [2.05, 4.69) is 29.6 Å². The summed E-state index contributed by atoms with van der Waals surface area (Å²) < 4.78 is 13.5. The van der Waals surface area contributed by atoms with Crippen molar-refractivity contribution in [3.8, 4) is 0 Å². The molecule has 2 aromatic rings. The van der Waals surface area contributed by atoms with Gasteiger partial charge >= 0.3 is 0 Å². The van der Waals surface area contributed by atoms with Gasteiger partial charge in [0.2, 0.25) is 0 Å². The van der Waals surface area contributed by atoms with Crippen LogP contribution in [0.25, 0.3) is 0 Å². The Kier molecular flexibility index (Phi) is 4.87. The molecule has 0 spiro atoms. The topological polar surface area (TPSA) is 52.2 Å². The maximum atomic E-state index is 6.04. The van der Waals surface area contributed by atoms with E-state index < -0.39 is 0 Å². The number of furan rings is 1. The number of hydrogen-bond donors (Lipinski definition) is 1. The van der Waals surface area contributed by atoms with Crippen LogP contribution in [0.5, 0.6) is 0 Å². The van der Waals surface area contributed by atoms with Gasteiger partial charge in [-0.15, -0.1) is 0 Å². The molecule has 2 aromatic heterocycles. The minimum Gasteiger partial charge on any atom is -0.466 e. The zero-order chi connectivity index (χ0) is 16.4. The van der Waals surface area contributed by atoms with Crippen LogP contribution in [0.4, 0.5) is 0 Å². The maximum absolute atomic E-state index is 6.04. The highest BCUT2D eigenvalue weighted by Gasteiger charge is 2.28. The normalized spacial score (nSPS) is 23.1. The van der Waals surface area contributed by atoms with E-state index in [0.717, 1.165) is 31.1 Å². The molecule has 126 valence electrons. The first-order valence-electron chi connectivity index (χ1n) is 8.45. The van der Waals surface area contributed by atoms with Crippen molar-refractivity contribution in [3.05, 3.63) is 41.1 Å². The molecule has 0 amide bonds. The minimum absolute atomic E-state index is 0.143. The van der Waals surface area contributed by atoms with Crippen LogP contribution in [0.2, 0.25) is 0 Å². The minimum atomic E-state index is 0.143. The molecular formula is C18H27N3O2. The van der Waals surface area contributed by atoms with Gasteiger partial charge in [0.25, 0.3) is 0 Å². The predicted molar refractivity (Wildman–Crippen MR) is 89.2 cm³/mol. The van der Waals surface area contributed by atoms with Gasteiger partial charge in [-0.05, 0) is 39.7 Å². The first-order valence-corrected chi connectivity index (χ1v) is 8.45. The van der Waals surface area contributed by atoms with Crippen molar-refractivity contribution in [1.82, 2.24) is 15.1 Å². The van der Waals surface area contributed by atoms with Crippen molar-refractivity contribution < 1.29 is 9.15 Å². The van der Waals surface area contributed by atoms with Crippen molar-refractivity contribution in [2.75, 3.05) is 13.2 Å². The summed E-state index contributed by atoms with van der Waals surface area (Å²) in [6, 6.07) is 2.41. The summed E-state index contributed by atoms with van der Waals surface area (Å²) in [6.45, 7) is 8.00. The van der Waals surface area contributed by atoms with Gasteiger partial charge in [-0.3, -0.25) is 4.68 Å². The van der Waals surface area contributed by atoms with Crippen molar-refractivity contribution in [3.63, 3.8) is 0 Å². The molecule has 0 saturated carbocycles. The Bertz CT molecular complexity index is 646. The number of hydrogen-bond acceptors (Lipinski definition) is 4. The fourth-order valence-corrected chi connectivity index (χ4v) is 3.53. The van der Waals surface area contributed by atoms with E-state index in [0.29, 0.717) is 5.92 Å². The molecule has 1 aliphatic rings. The van der Waals surface area contributed by atoms with Crippen molar-refractivity contribution >= 4 is 0 Å². The van der Waals surface area contributed by atoms with Gasteiger partial charge in [-0.1, -0.05) is 0 Å². The second-order valence-electron chi connectivity index (χ2n) is 6.64. The van der Waals surface area contributed by atoms with Gasteiger partial charge in [0.15, 0.2) is 0 Å². The highest BCUT2D eigenvalue weighted by molar-refractivity contribution is 5.23. The Morgan fingerprint density at radius 3 is 2.91 bits per heavy atom. The molecule has 0 aliphatic carbocycles. The van der Waals surface area contributed by atoms with Crippen LogP contribution in [-0.2, 0) is 11.8 Å². The van der Waals surface area contributed by atoms with Crippen molar-refractivity contribution in [1.29, 1.82) is 0 Å². The average Bonchev–Trinajstić information content (AvgIpc) is 3.10. The molecule has 1 aliphatic heterocycles. The Hall–Kier alpha value is -1.59. The molecule has 1 fully saturated rings. The van der Waals surface area contributed by atoms with Crippen LogP contribution < -0.4 is 5.32 Å². The summed E-state index contributed by atoms with van der Waals surface area (Å²) in [5.74, 6) is 2.45. The number of rotatable bonds is 5. The molecular weight excluding hydrogens is 290 g/mol. The van der Waals surface area contributed by atoms with E-state index in [9.17, 15) is 0 Å². The number of nitrogens with one attached hydrogen (secondary N) is 1. The van der Waals surface area contributed by atoms with Crippen molar-refractivity contribution in [2.24, 2.45) is 13.0 Å². The second-order valence-corrected chi connectivity index (χ2v) is 6.64. The van der Waals surface area contributed by atoms with Gasteiger partial charge in [-0.2, -0.15) is 5.10 Å². The van der Waals surface area contributed by atoms with Crippen molar-refractivity contribution in [2.45, 2.75) is 45.8 Å². The predicted octanol–water partition coefficient (Wildman–Crippen LogP) is 3.45. The highest BCUT2D eigenvalue weighted by atomic mass is 16.5. The lowest BCUT2D eigenvalue weighted by Gasteiger charge is -2.32. The quantitative estimate of drug-likeness (QED) is 0.917. The van der Waals surface area contributed by atoms with Crippen LogP contribution >= 0.6 is 0 Å². The van der Waals surface area contributed by atoms with Gasteiger partial charge in [0.05, 0.1) is 12.3 Å². The van der Waals surface area contributed by atoms with Crippen LogP contribution in [0.1, 0.15) is 54.6 Å². The third-order valence-electron chi connectivity index (χ3n) is 4.73. The van der Waals surface area contributed by atoms with E-state index in [1.807, 2.05) is 31.8 Å². The van der Waals surface area contributed by atoms with Crippen LogP contribution in [0, 0.1) is 19.8 Å². The molecule has 1 unspecified atom stereocenters. The standard InChI is InChI=1S/C18H27N3O2/c1-12-8-17(14(3)23-12)13(2)19-9-15-6-5-7-22-18(15)16-10-20-21(4)11-16/h8,10-11,13,15,18-19H,5-7,9H2,1-4H3/t13?,15-,18+/m0/s1. The Labute approximate surface area is 138 Å². The molecule has 3 atom stereocenters. The number of ether oxygens (including phenoxy) is 1. The monoisotopic (exact) mass is 317 g/mol. The first-order chi connectivity index (χ1) is 11.0. The van der Waals surface area contributed by atoms with E-state index in [1.165, 1.54) is 17.5 Å². The van der Waals surface area contributed by atoms with E-state index >= 15 is 0 Å². The Balaban J connectivity index is 1.64. The summed E-state index contributed by atoms with van der Waals surface area (Å²) in [5, 5.41) is 7.95. The highest BCUT2D eigenvalue weighted by Crippen LogP contribution is 2.33. The maximum Gasteiger partial charge on any atom is 0.105 e. The third-order valence-corrected chi connectivity index (χ3v) is 4.73. The number of nitrogens with zero attached hydrogens (tertiary/aromatic N) is 2. The third kappa shape index (κ3) is 3.67. The summed E-state index contributed by atoms with van der Waals surface area (Å²) >= 11 is 0.